The van der Waals surface area contributed by atoms with Crippen LogP contribution in [0.25, 0.3) is 0 Å². The number of carbonyl (C=O) groups excluding carboxylic acids is 1. The Kier molecular flexibility index (Phi) is 4.41. The smallest absolute Gasteiger partial charge is 0.250 e. The Balaban J connectivity index is 2.19. The van der Waals surface area contributed by atoms with Gasteiger partial charge in [-0.3, -0.25) is 9.69 Å². The number of carbonyl (C=O) groups is 1. The highest BCUT2D eigenvalue weighted by Gasteiger charge is 2.38. The second-order valence-corrected chi connectivity index (χ2v) is 5.89. The zero-order valence-electron chi connectivity index (χ0n) is 10.7. The molecule has 1 atom stereocenters. The SMILES string of the molecule is NC(=O)[C@]1(O)CCCN(Cc2c(F)ccc(Br)c2F)C1. The lowest BCUT2D eigenvalue weighted by molar-refractivity contribution is -0.142. The van der Waals surface area contributed by atoms with Gasteiger partial charge in [-0.05, 0) is 47.4 Å². The Labute approximate surface area is 123 Å². The van der Waals surface area contributed by atoms with Crippen molar-refractivity contribution in [2.75, 3.05) is 13.1 Å². The van der Waals surface area contributed by atoms with Crippen LogP contribution in [0.15, 0.2) is 16.6 Å². The standard InChI is InChI=1S/C13H15BrF2N2O2/c14-9-2-3-10(15)8(11(9)16)6-18-5-1-4-13(20,7-18)12(17)19/h2-3,20H,1,4-7H2,(H2,17,19)/t13-/m0/s1. The van der Waals surface area contributed by atoms with Crippen molar-refractivity contribution in [2.24, 2.45) is 5.73 Å². The number of nitrogens with two attached hydrogens (primary N) is 1. The molecule has 0 aliphatic carbocycles. The largest absolute Gasteiger partial charge is 0.379 e. The number of nitrogens with zero attached hydrogens (tertiary/aromatic N) is 1. The quantitative estimate of drug-likeness (QED) is 0.814. The predicted octanol–water partition coefficient (Wildman–Crippen LogP) is 1.54. The van der Waals surface area contributed by atoms with Gasteiger partial charge < -0.3 is 10.8 Å². The average molecular weight is 349 g/mol. The summed E-state index contributed by atoms with van der Waals surface area (Å²) in [7, 11) is 0. The second kappa shape index (κ2) is 5.75. The van der Waals surface area contributed by atoms with Crippen molar-refractivity contribution in [1.29, 1.82) is 0 Å². The molecule has 0 unspecified atom stereocenters. The Morgan fingerprint density at radius 1 is 1.50 bits per heavy atom. The number of hydrogen-bond acceptors (Lipinski definition) is 3. The monoisotopic (exact) mass is 348 g/mol. The van der Waals surface area contributed by atoms with Gasteiger partial charge in [0.2, 0.25) is 0 Å². The first-order valence-electron chi connectivity index (χ1n) is 6.20. The van der Waals surface area contributed by atoms with Gasteiger partial charge in [0, 0.05) is 18.7 Å². The van der Waals surface area contributed by atoms with Crippen LogP contribution in [0.3, 0.4) is 0 Å². The normalized spacial score (nSPS) is 23.8. The number of benzene rings is 1. The van der Waals surface area contributed by atoms with Crippen molar-refractivity contribution in [1.82, 2.24) is 4.90 Å². The zero-order chi connectivity index (χ0) is 14.9. The van der Waals surface area contributed by atoms with E-state index in [4.69, 9.17) is 5.73 Å². The molecule has 2 rings (SSSR count). The molecule has 1 amide bonds. The summed E-state index contributed by atoms with van der Waals surface area (Å²) in [4.78, 5) is 12.9. The topological polar surface area (TPSA) is 66.6 Å². The fourth-order valence-electron chi connectivity index (χ4n) is 2.40. The van der Waals surface area contributed by atoms with Gasteiger partial charge in [0.1, 0.15) is 11.6 Å². The molecule has 3 N–H and O–H groups in total. The van der Waals surface area contributed by atoms with Crippen LogP contribution >= 0.6 is 15.9 Å². The average Bonchev–Trinajstić information content (AvgIpc) is 2.39. The first kappa shape index (κ1) is 15.3. The lowest BCUT2D eigenvalue weighted by Crippen LogP contribution is -2.55. The van der Waals surface area contributed by atoms with Crippen molar-refractivity contribution < 1.29 is 18.7 Å². The Morgan fingerprint density at radius 3 is 2.85 bits per heavy atom. The van der Waals surface area contributed by atoms with Gasteiger partial charge in [-0.2, -0.15) is 0 Å². The first-order chi connectivity index (χ1) is 9.33. The third-order valence-corrected chi connectivity index (χ3v) is 4.14. The van der Waals surface area contributed by atoms with Gasteiger partial charge in [-0.1, -0.05) is 0 Å². The van der Waals surface area contributed by atoms with Gasteiger partial charge in [-0.15, -0.1) is 0 Å². The van der Waals surface area contributed by atoms with Crippen molar-refractivity contribution in [3.63, 3.8) is 0 Å². The van der Waals surface area contributed by atoms with Gasteiger partial charge in [-0.25, -0.2) is 8.78 Å². The molecule has 1 aromatic rings. The number of primary amides is 1. The van der Waals surface area contributed by atoms with E-state index < -0.39 is 23.1 Å². The Bertz CT molecular complexity index is 541. The molecular formula is C13H15BrF2N2O2. The number of likely N-dealkylation sites (tertiary alicyclic amines) is 1. The molecule has 1 aliphatic heterocycles. The third-order valence-electron chi connectivity index (χ3n) is 3.53. The molecule has 1 aliphatic rings. The molecule has 4 nitrogen and oxygen atoms in total. The maximum absolute atomic E-state index is 13.9. The molecule has 0 radical (unpaired) electrons. The lowest BCUT2D eigenvalue weighted by Gasteiger charge is -2.37. The summed E-state index contributed by atoms with van der Waals surface area (Å²) in [5.74, 6) is -2.13. The molecule has 0 spiro atoms. The summed E-state index contributed by atoms with van der Waals surface area (Å²) in [5, 5.41) is 10.1. The van der Waals surface area contributed by atoms with E-state index in [0.717, 1.165) is 0 Å². The predicted molar refractivity (Wildman–Crippen MR) is 72.7 cm³/mol. The molecule has 110 valence electrons. The number of rotatable bonds is 3. The van der Waals surface area contributed by atoms with Crippen LogP contribution in [0.2, 0.25) is 0 Å². The number of aliphatic hydroxyl groups is 1. The molecule has 20 heavy (non-hydrogen) atoms. The minimum atomic E-state index is -1.63. The van der Waals surface area contributed by atoms with Crippen LogP contribution in [0.5, 0.6) is 0 Å². The van der Waals surface area contributed by atoms with E-state index in [9.17, 15) is 18.7 Å². The van der Waals surface area contributed by atoms with E-state index in [0.29, 0.717) is 13.0 Å². The minimum Gasteiger partial charge on any atom is -0.379 e. The highest BCUT2D eigenvalue weighted by Crippen LogP contribution is 2.26. The molecule has 1 fully saturated rings. The van der Waals surface area contributed by atoms with E-state index in [2.05, 4.69) is 15.9 Å². The summed E-state index contributed by atoms with van der Waals surface area (Å²) < 4.78 is 27.8. The molecule has 0 saturated carbocycles. The molecule has 0 bridgehead atoms. The van der Waals surface area contributed by atoms with E-state index in [1.165, 1.54) is 12.1 Å². The summed E-state index contributed by atoms with van der Waals surface area (Å²) >= 11 is 3.01. The van der Waals surface area contributed by atoms with Crippen LogP contribution in [0.4, 0.5) is 8.78 Å². The Morgan fingerprint density at radius 2 is 2.20 bits per heavy atom. The van der Waals surface area contributed by atoms with Gasteiger partial charge in [0.25, 0.3) is 5.91 Å². The number of halogens is 3. The number of hydrogen-bond donors (Lipinski definition) is 2. The fourth-order valence-corrected chi connectivity index (χ4v) is 2.77. The summed E-state index contributed by atoms with van der Waals surface area (Å²) in [6.07, 6.45) is 0.805. The van der Waals surface area contributed by atoms with E-state index in [1.54, 1.807) is 4.90 Å². The minimum absolute atomic E-state index is 0.0201. The molecule has 7 heteroatoms. The molecule has 0 aromatic heterocycles. The van der Waals surface area contributed by atoms with Crippen LogP contribution in [0.1, 0.15) is 18.4 Å². The van der Waals surface area contributed by atoms with Crippen LogP contribution in [0, 0.1) is 11.6 Å². The van der Waals surface area contributed by atoms with E-state index in [1.807, 2.05) is 0 Å². The number of amides is 1. The molecule has 1 aromatic carbocycles. The van der Waals surface area contributed by atoms with E-state index >= 15 is 0 Å². The second-order valence-electron chi connectivity index (χ2n) is 5.03. The third kappa shape index (κ3) is 2.99. The van der Waals surface area contributed by atoms with Crippen molar-refractivity contribution in [3.05, 3.63) is 33.8 Å². The van der Waals surface area contributed by atoms with Gasteiger partial charge in [0.05, 0.1) is 4.47 Å². The number of piperidine rings is 1. The van der Waals surface area contributed by atoms with Crippen LogP contribution < -0.4 is 5.73 Å². The maximum Gasteiger partial charge on any atom is 0.250 e. The van der Waals surface area contributed by atoms with Crippen molar-refractivity contribution >= 4 is 21.8 Å². The highest BCUT2D eigenvalue weighted by atomic mass is 79.9. The van der Waals surface area contributed by atoms with E-state index in [-0.39, 0.29) is 29.5 Å². The fraction of sp³-hybridized carbons (Fsp3) is 0.462. The summed E-state index contributed by atoms with van der Waals surface area (Å²) in [6.45, 7) is 0.501. The summed E-state index contributed by atoms with van der Waals surface area (Å²) in [6, 6.07) is 2.47. The Hall–Kier alpha value is -1.05. The van der Waals surface area contributed by atoms with Crippen molar-refractivity contribution in [3.8, 4) is 0 Å². The molecular weight excluding hydrogens is 334 g/mol. The van der Waals surface area contributed by atoms with Gasteiger partial charge in [0.15, 0.2) is 5.60 Å². The van der Waals surface area contributed by atoms with Crippen LogP contribution in [-0.4, -0.2) is 34.6 Å². The molecule has 1 heterocycles. The molecule has 1 saturated heterocycles. The highest BCUT2D eigenvalue weighted by molar-refractivity contribution is 9.10. The first-order valence-corrected chi connectivity index (χ1v) is 7.00. The maximum atomic E-state index is 13.9. The number of β-amino-alcohol motifs (C(OH)–C–C–N with tert-alkyl or cyclic N) is 1. The van der Waals surface area contributed by atoms with Gasteiger partial charge >= 0.3 is 0 Å². The lowest BCUT2D eigenvalue weighted by atomic mass is 9.92. The van der Waals surface area contributed by atoms with Crippen LogP contribution in [-0.2, 0) is 11.3 Å². The zero-order valence-corrected chi connectivity index (χ0v) is 12.3. The summed E-state index contributed by atoms with van der Waals surface area (Å²) in [5.41, 5.74) is 3.45. The van der Waals surface area contributed by atoms with Crippen molar-refractivity contribution in [2.45, 2.75) is 25.0 Å².